The molecular weight excluding hydrogens is 570 g/mol. The van der Waals surface area contributed by atoms with Crippen LogP contribution in [0.5, 0.6) is 11.5 Å². The van der Waals surface area contributed by atoms with Gasteiger partial charge in [0.2, 0.25) is 0 Å². The maximum Gasteiger partial charge on any atom is 0.265 e. The fraction of sp³-hybridized carbons (Fsp3) is 0.375. The predicted octanol–water partition coefficient (Wildman–Crippen LogP) is 4.41. The molecule has 2 heterocycles. The SMILES string of the molecule is COc1ccc(-c2cccc(C(=O)N(C)C)c2)cc1S(=O)(=O)Nc1cccc(O[C@H]2CCN(C(=O)C3CCCCO3)C2)c1. The topological polar surface area (TPSA) is 114 Å². The average Bonchev–Trinajstić information content (AvgIpc) is 3.48. The van der Waals surface area contributed by atoms with Gasteiger partial charge in [0, 0.05) is 45.3 Å². The summed E-state index contributed by atoms with van der Waals surface area (Å²) in [5.74, 6) is 0.542. The lowest BCUT2D eigenvalue weighted by molar-refractivity contribution is -0.145. The third-order valence-corrected chi connectivity index (χ3v) is 9.01. The number of sulfonamides is 1. The number of anilines is 1. The first-order valence-corrected chi connectivity index (χ1v) is 15.8. The fourth-order valence-electron chi connectivity index (χ4n) is 5.36. The molecule has 0 spiro atoms. The maximum atomic E-state index is 13.6. The van der Waals surface area contributed by atoms with Crippen molar-refractivity contribution in [2.75, 3.05) is 45.6 Å². The van der Waals surface area contributed by atoms with Gasteiger partial charge in [0.15, 0.2) is 0 Å². The molecule has 5 rings (SSSR count). The second-order valence-corrected chi connectivity index (χ2v) is 12.6. The van der Waals surface area contributed by atoms with Crippen LogP contribution in [0.3, 0.4) is 0 Å². The molecule has 0 aliphatic carbocycles. The van der Waals surface area contributed by atoms with E-state index in [1.165, 1.54) is 18.1 Å². The second kappa shape index (κ2) is 13.0. The van der Waals surface area contributed by atoms with Crippen LogP contribution in [-0.2, 0) is 19.6 Å². The Bertz CT molecular complexity index is 1590. The first-order chi connectivity index (χ1) is 20.6. The van der Waals surface area contributed by atoms with E-state index in [1.807, 2.05) is 6.07 Å². The van der Waals surface area contributed by atoms with Gasteiger partial charge >= 0.3 is 0 Å². The Morgan fingerprint density at radius 2 is 1.77 bits per heavy atom. The van der Waals surface area contributed by atoms with Gasteiger partial charge in [-0.25, -0.2) is 8.42 Å². The van der Waals surface area contributed by atoms with Crippen LogP contribution in [-0.4, -0.2) is 83.1 Å². The monoisotopic (exact) mass is 607 g/mol. The molecule has 0 bridgehead atoms. The van der Waals surface area contributed by atoms with Crippen molar-refractivity contribution in [3.05, 3.63) is 72.3 Å². The van der Waals surface area contributed by atoms with E-state index in [0.717, 1.165) is 19.3 Å². The highest BCUT2D eigenvalue weighted by molar-refractivity contribution is 7.92. The van der Waals surface area contributed by atoms with Crippen LogP contribution < -0.4 is 14.2 Å². The van der Waals surface area contributed by atoms with Crippen LogP contribution in [0.25, 0.3) is 11.1 Å². The Balaban J connectivity index is 1.30. The van der Waals surface area contributed by atoms with E-state index >= 15 is 0 Å². The van der Waals surface area contributed by atoms with Crippen molar-refractivity contribution < 1.29 is 32.2 Å². The highest BCUT2D eigenvalue weighted by atomic mass is 32.2. The quantitative estimate of drug-likeness (QED) is 0.383. The third kappa shape index (κ3) is 7.11. The van der Waals surface area contributed by atoms with Gasteiger partial charge in [-0.1, -0.05) is 24.3 Å². The van der Waals surface area contributed by atoms with Crippen LogP contribution in [0.15, 0.2) is 71.6 Å². The summed E-state index contributed by atoms with van der Waals surface area (Å²) in [6.07, 6.45) is 2.84. The Labute approximate surface area is 252 Å². The molecule has 2 fully saturated rings. The van der Waals surface area contributed by atoms with Crippen LogP contribution in [0.4, 0.5) is 5.69 Å². The zero-order valence-electron chi connectivity index (χ0n) is 24.6. The molecule has 0 aromatic heterocycles. The van der Waals surface area contributed by atoms with Gasteiger partial charge in [-0.05, 0) is 66.8 Å². The van der Waals surface area contributed by atoms with Crippen LogP contribution in [0, 0.1) is 0 Å². The number of methoxy groups -OCH3 is 1. The molecule has 10 nitrogen and oxygen atoms in total. The number of hydrogen-bond acceptors (Lipinski definition) is 7. The number of amides is 2. The van der Waals surface area contributed by atoms with Gasteiger partial charge < -0.3 is 24.0 Å². The molecule has 43 heavy (non-hydrogen) atoms. The largest absolute Gasteiger partial charge is 0.495 e. The lowest BCUT2D eigenvalue weighted by Gasteiger charge is -2.26. The molecule has 1 N–H and O–H groups in total. The fourth-order valence-corrected chi connectivity index (χ4v) is 6.60. The summed E-state index contributed by atoms with van der Waals surface area (Å²) in [5.41, 5.74) is 2.13. The van der Waals surface area contributed by atoms with Crippen LogP contribution in [0.2, 0.25) is 0 Å². The molecule has 0 radical (unpaired) electrons. The summed E-state index contributed by atoms with van der Waals surface area (Å²) in [5, 5.41) is 0. The third-order valence-electron chi connectivity index (χ3n) is 7.60. The number of hydrogen-bond donors (Lipinski definition) is 1. The predicted molar refractivity (Wildman–Crippen MR) is 163 cm³/mol. The lowest BCUT2D eigenvalue weighted by Crippen LogP contribution is -2.41. The maximum absolute atomic E-state index is 13.6. The smallest absolute Gasteiger partial charge is 0.265 e. The Morgan fingerprint density at radius 3 is 2.51 bits per heavy atom. The average molecular weight is 608 g/mol. The Kier molecular flexibility index (Phi) is 9.22. The van der Waals surface area contributed by atoms with Gasteiger partial charge in [-0.3, -0.25) is 14.3 Å². The molecule has 11 heteroatoms. The number of rotatable bonds is 9. The standard InChI is InChI=1S/C32H37N3O7S/c1-34(2)31(36)24-9-6-8-22(18-24)23-13-14-28(40-3)30(19-23)43(38,39)33-25-10-7-11-26(20-25)42-27-15-16-35(21-27)32(37)29-12-4-5-17-41-29/h6-11,13-14,18-20,27,29,33H,4-5,12,15-17,21H2,1-3H3/t27-,29?/m0/s1. The van der Waals surface area contributed by atoms with E-state index in [2.05, 4.69) is 4.72 Å². The molecule has 2 amide bonds. The number of carbonyl (C=O) groups excluding carboxylic acids is 2. The van der Waals surface area contributed by atoms with Gasteiger partial charge in [0.05, 0.1) is 19.3 Å². The van der Waals surface area contributed by atoms with E-state index < -0.39 is 10.0 Å². The number of carbonyl (C=O) groups is 2. The number of nitrogens with zero attached hydrogens (tertiary/aromatic N) is 2. The van der Waals surface area contributed by atoms with Crippen molar-refractivity contribution in [1.82, 2.24) is 9.80 Å². The molecule has 2 aliphatic heterocycles. The summed E-state index contributed by atoms with van der Waals surface area (Å²) >= 11 is 0. The second-order valence-electron chi connectivity index (χ2n) is 10.9. The summed E-state index contributed by atoms with van der Waals surface area (Å²) in [6, 6.07) is 18.6. The van der Waals surface area contributed by atoms with Crippen LogP contribution >= 0.6 is 0 Å². The van der Waals surface area contributed by atoms with Crippen molar-refractivity contribution in [3.63, 3.8) is 0 Å². The zero-order chi connectivity index (χ0) is 30.6. The minimum absolute atomic E-state index is 0.0134. The highest BCUT2D eigenvalue weighted by Crippen LogP contribution is 2.32. The van der Waals surface area contributed by atoms with Gasteiger partial charge in [0.25, 0.3) is 21.8 Å². The Morgan fingerprint density at radius 1 is 0.977 bits per heavy atom. The molecule has 0 saturated carbocycles. The first-order valence-electron chi connectivity index (χ1n) is 14.3. The molecule has 2 aliphatic rings. The van der Waals surface area contributed by atoms with E-state index in [1.54, 1.807) is 73.6 Å². The van der Waals surface area contributed by atoms with E-state index in [0.29, 0.717) is 54.2 Å². The van der Waals surface area contributed by atoms with Crippen molar-refractivity contribution in [3.8, 4) is 22.6 Å². The van der Waals surface area contributed by atoms with Gasteiger partial charge in [-0.15, -0.1) is 0 Å². The molecular formula is C32H37N3O7S. The molecule has 2 saturated heterocycles. The molecule has 228 valence electrons. The lowest BCUT2D eigenvalue weighted by atomic mass is 10.0. The van der Waals surface area contributed by atoms with Crippen molar-refractivity contribution >= 4 is 27.5 Å². The number of likely N-dealkylation sites (tertiary alicyclic amines) is 1. The van der Waals surface area contributed by atoms with E-state index in [-0.39, 0.29) is 34.7 Å². The van der Waals surface area contributed by atoms with E-state index in [4.69, 9.17) is 14.2 Å². The minimum atomic E-state index is -4.08. The van der Waals surface area contributed by atoms with Crippen molar-refractivity contribution in [1.29, 1.82) is 0 Å². The zero-order valence-corrected chi connectivity index (χ0v) is 25.4. The summed E-state index contributed by atoms with van der Waals surface area (Å²) in [6.45, 7) is 1.67. The minimum Gasteiger partial charge on any atom is -0.495 e. The normalized spacial score (nSPS) is 18.6. The van der Waals surface area contributed by atoms with Gasteiger partial charge in [0.1, 0.15) is 28.6 Å². The van der Waals surface area contributed by atoms with Gasteiger partial charge in [-0.2, -0.15) is 0 Å². The van der Waals surface area contributed by atoms with Crippen molar-refractivity contribution in [2.45, 2.75) is 42.8 Å². The first kappa shape index (κ1) is 30.4. The number of benzene rings is 3. The molecule has 3 aromatic carbocycles. The molecule has 1 unspecified atom stereocenters. The number of ether oxygens (including phenoxy) is 3. The van der Waals surface area contributed by atoms with Crippen molar-refractivity contribution in [2.24, 2.45) is 0 Å². The summed E-state index contributed by atoms with van der Waals surface area (Å²) in [4.78, 5) is 28.5. The summed E-state index contributed by atoms with van der Waals surface area (Å²) < 4.78 is 47.0. The summed E-state index contributed by atoms with van der Waals surface area (Å²) in [7, 11) is 0.689. The Hall–Kier alpha value is -4.09. The molecule has 3 aromatic rings. The number of nitrogens with one attached hydrogen (secondary N) is 1. The highest BCUT2D eigenvalue weighted by Gasteiger charge is 2.33. The molecule has 2 atom stereocenters. The van der Waals surface area contributed by atoms with E-state index in [9.17, 15) is 18.0 Å². The van der Waals surface area contributed by atoms with Crippen LogP contribution in [0.1, 0.15) is 36.0 Å².